The van der Waals surface area contributed by atoms with Crippen LogP contribution in [-0.4, -0.2) is 147 Å². The molecule has 0 fully saturated rings. The molecule has 0 rings (SSSR count). The summed E-state index contributed by atoms with van der Waals surface area (Å²) >= 11 is 0. The molecule has 19 nitrogen and oxygen atoms in total. The van der Waals surface area contributed by atoms with E-state index in [1.165, 1.54) is 0 Å². The van der Waals surface area contributed by atoms with Gasteiger partial charge in [0.15, 0.2) is 0 Å². The third-order valence-electron chi connectivity index (χ3n) is 9.65. The molecule has 0 spiro atoms. The number of rotatable bonds is 36. The van der Waals surface area contributed by atoms with Crippen LogP contribution in [0.3, 0.4) is 0 Å². The molecule has 0 bridgehead atoms. The number of carbonyl (C=O) groups is 5. The fourth-order valence-corrected chi connectivity index (χ4v) is 5.07. The predicted octanol–water partition coefficient (Wildman–Crippen LogP) is 1.73. The Bertz CT molecular complexity index is 1250. The lowest BCUT2D eigenvalue weighted by atomic mass is 9.98. The van der Waals surface area contributed by atoms with Gasteiger partial charge >= 0.3 is 0 Å². The van der Waals surface area contributed by atoms with Crippen LogP contribution in [0.25, 0.3) is 0 Å². The van der Waals surface area contributed by atoms with E-state index in [4.69, 9.17) is 14.2 Å². The highest BCUT2D eigenvalue weighted by Gasteiger charge is 2.27. The largest absolute Gasteiger partial charge is 0.411 e. The molecule has 19 heteroatoms. The maximum absolute atomic E-state index is 13.0. The van der Waals surface area contributed by atoms with Gasteiger partial charge in [-0.15, -0.1) is 0 Å². The molecule has 9 N–H and O–H groups in total. The van der Waals surface area contributed by atoms with Crippen LogP contribution >= 0.6 is 0 Å². The summed E-state index contributed by atoms with van der Waals surface area (Å²) in [6.07, 6.45) is 5.53. The zero-order chi connectivity index (χ0) is 44.5. The minimum atomic E-state index is -0.759. The van der Waals surface area contributed by atoms with Crippen molar-refractivity contribution in [1.82, 2.24) is 37.2 Å². The topological polar surface area (TPSA) is 262 Å². The SMILES string of the molecule is CCCCNC(=O)COCCOCCOCC(=O)NCCCCC(NC(=O)CCCC(=O)NC(CNC(C)(C)/C(C)=N/O)CNC(C)(C)/C(C)=N/O)C(=O)NCCCC. The Labute approximate surface area is 351 Å². The van der Waals surface area contributed by atoms with Crippen LogP contribution in [0.4, 0.5) is 0 Å². The van der Waals surface area contributed by atoms with Crippen molar-refractivity contribution in [1.29, 1.82) is 0 Å². The van der Waals surface area contributed by atoms with Crippen LogP contribution in [0.2, 0.25) is 0 Å². The maximum Gasteiger partial charge on any atom is 0.245 e. The fourth-order valence-electron chi connectivity index (χ4n) is 5.07. The van der Waals surface area contributed by atoms with E-state index in [2.05, 4.69) is 54.5 Å². The van der Waals surface area contributed by atoms with Gasteiger partial charge in [-0.25, -0.2) is 0 Å². The number of ether oxygens (including phenoxy) is 3. The molecule has 0 aromatic rings. The van der Waals surface area contributed by atoms with E-state index in [0.717, 1.165) is 25.7 Å². The second kappa shape index (κ2) is 32.9. The van der Waals surface area contributed by atoms with Crippen LogP contribution in [0.1, 0.15) is 120 Å². The molecule has 0 aliphatic rings. The Morgan fingerprint density at radius 1 is 0.576 bits per heavy atom. The predicted molar refractivity (Wildman–Crippen MR) is 227 cm³/mol. The summed E-state index contributed by atoms with van der Waals surface area (Å²) in [4.78, 5) is 62.7. The van der Waals surface area contributed by atoms with Gasteiger partial charge < -0.3 is 61.8 Å². The summed E-state index contributed by atoms with van der Waals surface area (Å²) in [7, 11) is 0. The fraction of sp³-hybridized carbons (Fsp3) is 0.825. The standard InChI is InChI=1S/C40H77N9O10/c1-9-11-19-41-36(52)28-58-24-22-57-23-25-59-29-37(53)42-21-14-13-16-33(38(54)43-20-12-10-2)47-35(51)18-15-17-34(50)46-32(26-44-39(5,6)30(3)48-55)27-45-40(7,8)31(4)49-56/h32-33,44-45,55-56H,9-29H2,1-8H3,(H,41,52)(H,42,53)(H,43,54)(H,46,50)(H,47,51)/b48-30+,49-31+. The zero-order valence-corrected chi connectivity index (χ0v) is 37.1. The van der Waals surface area contributed by atoms with Crippen molar-refractivity contribution in [2.75, 3.05) is 72.4 Å². The zero-order valence-electron chi connectivity index (χ0n) is 37.1. The Morgan fingerprint density at radius 2 is 1.02 bits per heavy atom. The van der Waals surface area contributed by atoms with Crippen molar-refractivity contribution in [3.05, 3.63) is 0 Å². The smallest absolute Gasteiger partial charge is 0.245 e. The van der Waals surface area contributed by atoms with Gasteiger partial charge in [0.25, 0.3) is 0 Å². The Balaban J connectivity index is 4.75. The molecular weight excluding hydrogens is 766 g/mol. The third-order valence-corrected chi connectivity index (χ3v) is 9.65. The van der Waals surface area contributed by atoms with Crippen molar-refractivity contribution >= 4 is 41.0 Å². The first-order chi connectivity index (χ1) is 28.0. The molecule has 1 unspecified atom stereocenters. The van der Waals surface area contributed by atoms with E-state index in [-0.39, 0.29) is 81.8 Å². The summed E-state index contributed by atoms with van der Waals surface area (Å²) in [6, 6.07) is -1.16. The molecule has 0 aromatic carbocycles. The lowest BCUT2D eigenvalue weighted by Crippen LogP contribution is -2.57. The van der Waals surface area contributed by atoms with Gasteiger partial charge in [0.1, 0.15) is 19.3 Å². The lowest BCUT2D eigenvalue weighted by molar-refractivity contribution is -0.129. The normalized spacial score (nSPS) is 12.9. The highest BCUT2D eigenvalue weighted by Crippen LogP contribution is 2.09. The van der Waals surface area contributed by atoms with Crippen molar-refractivity contribution < 1.29 is 48.6 Å². The van der Waals surface area contributed by atoms with Crippen LogP contribution in [-0.2, 0) is 38.2 Å². The highest BCUT2D eigenvalue weighted by atomic mass is 16.5. The van der Waals surface area contributed by atoms with Gasteiger partial charge in [0.05, 0.1) is 55.0 Å². The average molecular weight is 844 g/mol. The molecule has 0 heterocycles. The summed E-state index contributed by atoms with van der Waals surface area (Å²) in [5.41, 5.74) is -0.369. The first-order valence-corrected chi connectivity index (χ1v) is 21.0. The maximum atomic E-state index is 13.0. The van der Waals surface area contributed by atoms with Gasteiger partial charge in [-0.2, -0.15) is 0 Å². The van der Waals surface area contributed by atoms with Gasteiger partial charge in [0.2, 0.25) is 29.5 Å². The molecule has 0 saturated heterocycles. The average Bonchev–Trinajstić information content (AvgIpc) is 3.19. The summed E-state index contributed by atoms with van der Waals surface area (Å²) < 4.78 is 16.0. The van der Waals surface area contributed by atoms with Gasteiger partial charge in [-0.05, 0) is 80.1 Å². The first kappa shape index (κ1) is 55.1. The van der Waals surface area contributed by atoms with Gasteiger partial charge in [0, 0.05) is 45.6 Å². The van der Waals surface area contributed by atoms with E-state index in [1.54, 1.807) is 13.8 Å². The van der Waals surface area contributed by atoms with Crippen LogP contribution in [0, 0.1) is 0 Å². The van der Waals surface area contributed by atoms with Gasteiger partial charge in [-0.3, -0.25) is 24.0 Å². The number of nitrogens with zero attached hydrogens (tertiary/aromatic N) is 2. The monoisotopic (exact) mass is 844 g/mol. The second-order valence-corrected chi connectivity index (χ2v) is 15.5. The van der Waals surface area contributed by atoms with Crippen molar-refractivity contribution in [2.24, 2.45) is 10.3 Å². The van der Waals surface area contributed by atoms with E-state index < -0.39 is 23.2 Å². The lowest BCUT2D eigenvalue weighted by Gasteiger charge is -2.32. The molecule has 0 aromatic heterocycles. The quantitative estimate of drug-likeness (QED) is 0.0189. The molecule has 1 atom stereocenters. The third kappa shape index (κ3) is 28.2. The second-order valence-electron chi connectivity index (χ2n) is 15.5. The highest BCUT2D eigenvalue weighted by molar-refractivity contribution is 5.91. The number of oxime groups is 2. The number of hydrogen-bond donors (Lipinski definition) is 9. The summed E-state index contributed by atoms with van der Waals surface area (Å²) in [6.45, 7) is 18.0. The first-order valence-electron chi connectivity index (χ1n) is 21.0. The molecular formula is C40H77N9O10. The Kier molecular flexibility index (Phi) is 30.7. The number of amides is 5. The van der Waals surface area contributed by atoms with Crippen LogP contribution < -0.4 is 37.2 Å². The van der Waals surface area contributed by atoms with E-state index in [1.807, 2.05) is 34.6 Å². The van der Waals surface area contributed by atoms with Gasteiger partial charge in [-0.1, -0.05) is 37.0 Å². The van der Waals surface area contributed by atoms with E-state index in [9.17, 15) is 34.4 Å². The van der Waals surface area contributed by atoms with Crippen molar-refractivity contribution in [3.63, 3.8) is 0 Å². The number of nitrogens with one attached hydrogen (secondary N) is 7. The number of carbonyl (C=O) groups excluding carboxylic acids is 5. The summed E-state index contributed by atoms with van der Waals surface area (Å²) in [5.74, 6) is -1.32. The van der Waals surface area contributed by atoms with Crippen LogP contribution in [0.5, 0.6) is 0 Å². The Hall–Kier alpha value is -3.91. The molecule has 0 radical (unpaired) electrons. The van der Waals surface area contributed by atoms with Crippen LogP contribution in [0.15, 0.2) is 10.3 Å². The van der Waals surface area contributed by atoms with E-state index >= 15 is 0 Å². The minimum Gasteiger partial charge on any atom is -0.411 e. The summed E-state index contributed by atoms with van der Waals surface area (Å²) in [5, 5.41) is 46.0. The number of hydrogen-bond acceptors (Lipinski definition) is 14. The molecule has 0 aliphatic carbocycles. The molecule has 0 saturated carbocycles. The number of unbranched alkanes of at least 4 members (excludes halogenated alkanes) is 3. The molecule has 342 valence electrons. The van der Waals surface area contributed by atoms with Crippen molar-refractivity contribution in [3.8, 4) is 0 Å². The Morgan fingerprint density at radius 3 is 1.49 bits per heavy atom. The van der Waals surface area contributed by atoms with Crippen molar-refractivity contribution in [2.45, 2.75) is 143 Å². The minimum absolute atomic E-state index is 0.0133. The van der Waals surface area contributed by atoms with E-state index in [0.29, 0.717) is 70.0 Å². The molecule has 5 amide bonds. The molecule has 0 aliphatic heterocycles. The molecule has 59 heavy (non-hydrogen) atoms.